The van der Waals surface area contributed by atoms with Crippen molar-refractivity contribution in [2.75, 3.05) is 39.9 Å². The normalized spacial score (nSPS) is 19.3. The van der Waals surface area contributed by atoms with Gasteiger partial charge in [0.05, 0.1) is 24.7 Å². The summed E-state index contributed by atoms with van der Waals surface area (Å²) in [6.45, 7) is 3.54. The first-order chi connectivity index (χ1) is 13.3. The van der Waals surface area contributed by atoms with Crippen LogP contribution in [0.5, 0.6) is 0 Å². The highest BCUT2D eigenvalue weighted by Gasteiger charge is 2.33. The number of piperidine rings is 1. The van der Waals surface area contributed by atoms with E-state index in [1.807, 2.05) is 0 Å². The number of amides is 1. The van der Waals surface area contributed by atoms with Gasteiger partial charge in [0.15, 0.2) is 12.1 Å². The summed E-state index contributed by atoms with van der Waals surface area (Å²) in [6.07, 6.45) is 1.37. The van der Waals surface area contributed by atoms with Crippen LogP contribution in [0.2, 0.25) is 0 Å². The molecule has 0 bridgehead atoms. The largest absolute Gasteiger partial charge is 0.350 e. The number of Topliss-reactive ketones (excluding diaryl/α,β-unsaturated/α-hetero) is 1. The molecule has 9 heteroatoms. The summed E-state index contributed by atoms with van der Waals surface area (Å²) >= 11 is 0. The Morgan fingerprint density at radius 2 is 1.68 bits per heavy atom. The van der Waals surface area contributed by atoms with Gasteiger partial charge in [-0.3, -0.25) is 9.59 Å². The van der Waals surface area contributed by atoms with Gasteiger partial charge in [0.1, 0.15) is 0 Å². The molecule has 0 spiro atoms. The molecule has 0 aliphatic carbocycles. The molecule has 2 saturated heterocycles. The predicted octanol–water partition coefficient (Wildman–Crippen LogP) is 1.12. The average molecular weight is 410 g/mol. The van der Waals surface area contributed by atoms with Gasteiger partial charge < -0.3 is 14.4 Å². The zero-order valence-corrected chi connectivity index (χ0v) is 17.0. The maximum absolute atomic E-state index is 12.7. The van der Waals surface area contributed by atoms with E-state index in [2.05, 4.69) is 0 Å². The second-order valence-corrected chi connectivity index (χ2v) is 9.21. The molecule has 1 aromatic carbocycles. The second-order valence-electron chi connectivity index (χ2n) is 7.17. The molecule has 28 heavy (non-hydrogen) atoms. The molecule has 2 aliphatic rings. The van der Waals surface area contributed by atoms with E-state index in [9.17, 15) is 18.0 Å². The van der Waals surface area contributed by atoms with Gasteiger partial charge in [0.2, 0.25) is 15.9 Å². The Balaban J connectivity index is 1.56. The average Bonchev–Trinajstić information content (AvgIpc) is 3.23. The summed E-state index contributed by atoms with van der Waals surface area (Å²) in [5, 5.41) is 0. The van der Waals surface area contributed by atoms with Gasteiger partial charge in [-0.05, 0) is 31.9 Å². The van der Waals surface area contributed by atoms with Gasteiger partial charge >= 0.3 is 0 Å². The molecule has 8 nitrogen and oxygen atoms in total. The van der Waals surface area contributed by atoms with Gasteiger partial charge in [-0.15, -0.1) is 0 Å². The van der Waals surface area contributed by atoms with Crippen molar-refractivity contribution in [3.05, 3.63) is 29.8 Å². The standard InChI is InChI=1S/C19H26N2O6S/c1-14(22)15-3-5-17(6-4-15)28(24,25)20(2)13-18(23)21-9-7-16(8-10-21)19-26-11-12-27-19/h3-6,16,19H,7-13H2,1-2H3. The van der Waals surface area contributed by atoms with Crippen molar-refractivity contribution in [3.8, 4) is 0 Å². The molecule has 154 valence electrons. The Bertz CT molecular complexity index is 809. The third-order valence-electron chi connectivity index (χ3n) is 5.25. The van der Waals surface area contributed by atoms with E-state index < -0.39 is 10.0 Å². The molecule has 0 radical (unpaired) electrons. The first-order valence-corrected chi connectivity index (χ1v) is 10.8. The highest BCUT2D eigenvalue weighted by atomic mass is 32.2. The summed E-state index contributed by atoms with van der Waals surface area (Å²) in [5.41, 5.74) is 0.441. The number of sulfonamides is 1. The van der Waals surface area contributed by atoms with Gasteiger partial charge in [0, 0.05) is 31.6 Å². The van der Waals surface area contributed by atoms with Crippen LogP contribution in [-0.2, 0) is 24.3 Å². The van der Waals surface area contributed by atoms with Crippen molar-refractivity contribution in [2.24, 2.45) is 5.92 Å². The monoisotopic (exact) mass is 410 g/mol. The first-order valence-electron chi connectivity index (χ1n) is 9.37. The maximum atomic E-state index is 12.7. The lowest BCUT2D eigenvalue weighted by molar-refractivity contribution is -0.136. The van der Waals surface area contributed by atoms with Crippen LogP contribution in [-0.4, -0.2) is 75.5 Å². The smallest absolute Gasteiger partial charge is 0.243 e. The van der Waals surface area contributed by atoms with Crippen LogP contribution < -0.4 is 0 Å². The number of likely N-dealkylation sites (N-methyl/N-ethyl adjacent to an activating group) is 1. The SMILES string of the molecule is CC(=O)c1ccc(S(=O)(=O)N(C)CC(=O)N2CCC(C3OCCO3)CC2)cc1. The molecule has 0 atom stereocenters. The molecule has 0 saturated carbocycles. The lowest BCUT2D eigenvalue weighted by atomic mass is 9.96. The van der Waals surface area contributed by atoms with E-state index in [0.717, 1.165) is 17.1 Å². The third kappa shape index (κ3) is 4.60. The molecule has 2 heterocycles. The number of benzene rings is 1. The van der Waals surface area contributed by atoms with Crippen molar-refractivity contribution in [3.63, 3.8) is 0 Å². The van der Waals surface area contributed by atoms with Crippen LogP contribution in [0, 0.1) is 5.92 Å². The quantitative estimate of drug-likeness (QED) is 0.653. The number of ketones is 1. The number of nitrogens with zero attached hydrogens (tertiary/aromatic N) is 2. The van der Waals surface area contributed by atoms with Crippen molar-refractivity contribution in [2.45, 2.75) is 31.0 Å². The van der Waals surface area contributed by atoms with Crippen molar-refractivity contribution >= 4 is 21.7 Å². The minimum Gasteiger partial charge on any atom is -0.350 e. The Kier molecular flexibility index (Phi) is 6.49. The maximum Gasteiger partial charge on any atom is 0.243 e. The topological polar surface area (TPSA) is 93.2 Å². The molecule has 3 rings (SSSR count). The van der Waals surface area contributed by atoms with E-state index in [-0.39, 0.29) is 35.3 Å². The highest BCUT2D eigenvalue weighted by Crippen LogP contribution is 2.26. The van der Waals surface area contributed by atoms with Gasteiger partial charge in [-0.25, -0.2) is 8.42 Å². The molecule has 2 fully saturated rings. The van der Waals surface area contributed by atoms with Crippen molar-refractivity contribution < 1.29 is 27.5 Å². The Morgan fingerprint density at radius 1 is 1.11 bits per heavy atom. The van der Waals surface area contributed by atoms with E-state index in [1.165, 1.54) is 38.2 Å². The molecule has 2 aliphatic heterocycles. The zero-order valence-electron chi connectivity index (χ0n) is 16.2. The Hall–Kier alpha value is -1.81. The number of rotatable bonds is 6. The molecular weight excluding hydrogens is 384 g/mol. The third-order valence-corrected chi connectivity index (χ3v) is 7.07. The van der Waals surface area contributed by atoms with Gasteiger partial charge in [0.25, 0.3) is 0 Å². The summed E-state index contributed by atoms with van der Waals surface area (Å²) in [5.74, 6) is -0.0878. The summed E-state index contributed by atoms with van der Waals surface area (Å²) in [6, 6.07) is 5.73. The van der Waals surface area contributed by atoms with Crippen LogP contribution in [0.15, 0.2) is 29.2 Å². The minimum atomic E-state index is -3.80. The molecule has 0 unspecified atom stereocenters. The highest BCUT2D eigenvalue weighted by molar-refractivity contribution is 7.89. The van der Waals surface area contributed by atoms with E-state index in [4.69, 9.17) is 9.47 Å². The summed E-state index contributed by atoms with van der Waals surface area (Å²) in [4.78, 5) is 25.7. The van der Waals surface area contributed by atoms with Crippen LogP contribution in [0.3, 0.4) is 0 Å². The van der Waals surface area contributed by atoms with Crippen LogP contribution in [0.25, 0.3) is 0 Å². The number of carbonyl (C=O) groups is 2. The Morgan fingerprint density at radius 3 is 2.21 bits per heavy atom. The second kappa shape index (κ2) is 8.69. The number of ether oxygens (including phenoxy) is 2. The minimum absolute atomic E-state index is 0.0574. The van der Waals surface area contributed by atoms with Crippen LogP contribution in [0.1, 0.15) is 30.1 Å². The predicted molar refractivity (Wildman–Crippen MR) is 101 cm³/mol. The van der Waals surface area contributed by atoms with Gasteiger partial charge in [-0.1, -0.05) is 12.1 Å². The molecule has 0 aromatic heterocycles. The lowest BCUT2D eigenvalue weighted by Crippen LogP contribution is -2.46. The number of carbonyl (C=O) groups excluding carboxylic acids is 2. The van der Waals surface area contributed by atoms with Crippen LogP contribution in [0.4, 0.5) is 0 Å². The van der Waals surface area contributed by atoms with E-state index >= 15 is 0 Å². The first kappa shape index (κ1) is 20.9. The fraction of sp³-hybridized carbons (Fsp3) is 0.579. The van der Waals surface area contributed by atoms with Crippen molar-refractivity contribution in [1.29, 1.82) is 0 Å². The fourth-order valence-electron chi connectivity index (χ4n) is 3.49. The molecular formula is C19H26N2O6S. The van der Waals surface area contributed by atoms with Gasteiger partial charge in [-0.2, -0.15) is 4.31 Å². The lowest BCUT2D eigenvalue weighted by Gasteiger charge is -2.34. The Labute approximate surface area is 165 Å². The van der Waals surface area contributed by atoms with Crippen LogP contribution >= 0.6 is 0 Å². The summed E-state index contributed by atoms with van der Waals surface area (Å²) < 4.78 is 37.5. The molecule has 1 aromatic rings. The van der Waals surface area contributed by atoms with Crippen molar-refractivity contribution in [1.82, 2.24) is 9.21 Å². The van der Waals surface area contributed by atoms with E-state index in [1.54, 1.807) is 4.90 Å². The number of likely N-dealkylation sites (tertiary alicyclic amines) is 1. The fourth-order valence-corrected chi connectivity index (χ4v) is 4.61. The molecule has 0 N–H and O–H groups in total. The number of hydrogen-bond acceptors (Lipinski definition) is 6. The molecule has 1 amide bonds. The number of hydrogen-bond donors (Lipinski definition) is 0. The summed E-state index contributed by atoms with van der Waals surface area (Å²) in [7, 11) is -2.42. The van der Waals surface area contributed by atoms with E-state index in [0.29, 0.717) is 31.9 Å². The zero-order chi connectivity index (χ0) is 20.3.